The maximum atomic E-state index is 13.4. The first-order chi connectivity index (χ1) is 20.4. The second-order valence-corrected chi connectivity index (χ2v) is 10.9. The lowest BCUT2D eigenvalue weighted by atomic mass is 10.1. The van der Waals surface area contributed by atoms with E-state index in [-0.39, 0.29) is 11.5 Å². The Morgan fingerprint density at radius 1 is 0.500 bits per heavy atom. The third-order valence-corrected chi connectivity index (χ3v) is 7.33. The molecule has 0 aromatic heterocycles. The minimum atomic E-state index is -0.579. The van der Waals surface area contributed by atoms with Crippen LogP contribution in [0.2, 0.25) is 10.0 Å². The van der Waals surface area contributed by atoms with Gasteiger partial charge in [-0.1, -0.05) is 74.2 Å². The van der Waals surface area contributed by atoms with Crippen LogP contribution in [0.1, 0.15) is 82.5 Å². The number of rotatable bonds is 12. The van der Waals surface area contributed by atoms with Crippen molar-refractivity contribution in [2.24, 2.45) is 0 Å². The maximum Gasteiger partial charge on any atom is 0.343 e. The Morgan fingerprint density at radius 3 is 1.12 bits per heavy atom. The summed E-state index contributed by atoms with van der Waals surface area (Å²) in [6.07, 6.45) is 6.22. The number of unbranched alkanes of at least 4 members (excludes halogenated alkanes) is 2. The molecule has 6 heteroatoms. The molecule has 0 heterocycles. The van der Waals surface area contributed by atoms with Gasteiger partial charge in [0.2, 0.25) is 0 Å². The zero-order valence-corrected chi connectivity index (χ0v) is 25.4. The average Bonchev–Trinajstić information content (AvgIpc) is 3.02. The van der Waals surface area contributed by atoms with Gasteiger partial charge in [-0.3, -0.25) is 0 Å². The van der Waals surface area contributed by atoms with Crippen LogP contribution in [0.3, 0.4) is 0 Å². The van der Waals surface area contributed by atoms with Crippen LogP contribution in [0.15, 0.2) is 97.1 Å². The van der Waals surface area contributed by atoms with E-state index in [4.69, 9.17) is 32.7 Å². The van der Waals surface area contributed by atoms with Gasteiger partial charge in [-0.2, -0.15) is 0 Å². The van der Waals surface area contributed by atoms with E-state index in [0.717, 1.165) is 49.7 Å². The van der Waals surface area contributed by atoms with E-state index < -0.39 is 11.9 Å². The van der Waals surface area contributed by atoms with Gasteiger partial charge in [0.1, 0.15) is 0 Å². The molecule has 4 nitrogen and oxygen atoms in total. The Kier molecular flexibility index (Phi) is 11.4. The largest absolute Gasteiger partial charge is 0.418 e. The molecule has 4 rings (SSSR count). The van der Waals surface area contributed by atoms with E-state index in [2.05, 4.69) is 13.8 Å². The highest BCUT2D eigenvalue weighted by molar-refractivity contribution is 6.31. The fourth-order valence-electron chi connectivity index (χ4n) is 4.36. The normalized spacial score (nSPS) is 11.5. The summed E-state index contributed by atoms with van der Waals surface area (Å²) in [5.74, 6) is -0.988. The van der Waals surface area contributed by atoms with Crippen LogP contribution in [0.4, 0.5) is 0 Å². The molecule has 0 bridgehead atoms. The van der Waals surface area contributed by atoms with E-state index in [1.807, 2.05) is 24.3 Å². The Balaban J connectivity index is 1.74. The van der Waals surface area contributed by atoms with Gasteiger partial charge < -0.3 is 9.47 Å². The minimum Gasteiger partial charge on any atom is -0.418 e. The predicted molar refractivity (Wildman–Crippen MR) is 171 cm³/mol. The molecule has 0 aliphatic carbocycles. The van der Waals surface area contributed by atoms with E-state index in [1.54, 1.807) is 72.8 Å². The fraction of sp³-hybridized carbons (Fsp3) is 0.222. The van der Waals surface area contributed by atoms with Gasteiger partial charge >= 0.3 is 11.9 Å². The smallest absolute Gasteiger partial charge is 0.343 e. The highest BCUT2D eigenvalue weighted by Gasteiger charge is 2.23. The fourth-order valence-corrected chi connectivity index (χ4v) is 4.61. The van der Waals surface area contributed by atoms with Crippen LogP contribution in [0.5, 0.6) is 0 Å². The number of halogens is 2. The zero-order valence-electron chi connectivity index (χ0n) is 23.9. The molecule has 0 unspecified atom stereocenters. The third kappa shape index (κ3) is 8.58. The van der Waals surface area contributed by atoms with Gasteiger partial charge in [0, 0.05) is 21.2 Å². The number of esters is 2. The Labute approximate surface area is 257 Å². The zero-order chi connectivity index (χ0) is 29.9. The van der Waals surface area contributed by atoms with E-state index in [1.165, 1.54) is 0 Å². The molecule has 42 heavy (non-hydrogen) atoms. The molecular formula is C36H34Cl2O4. The lowest BCUT2D eigenvalue weighted by Crippen LogP contribution is -2.11. The minimum absolute atomic E-state index is 0.0852. The number of carbonyl (C=O) groups is 2. The molecule has 0 fully saturated rings. The molecule has 0 N–H and O–H groups in total. The quantitative estimate of drug-likeness (QED) is 0.0921. The lowest BCUT2D eigenvalue weighted by molar-refractivity contribution is 0.0646. The molecule has 0 aliphatic heterocycles. The molecule has 216 valence electrons. The first-order valence-electron chi connectivity index (χ1n) is 14.3. The topological polar surface area (TPSA) is 52.6 Å². The SMILES string of the molecule is CCCCc1ccc(C(=O)OC(=C(OC(=O)c2ccc(CCCC)cc2)c2ccc(Cl)cc2)c2ccc(Cl)cc2)cc1. The van der Waals surface area contributed by atoms with Gasteiger partial charge in [0.05, 0.1) is 11.1 Å². The summed E-state index contributed by atoms with van der Waals surface area (Å²) in [6.45, 7) is 4.29. The number of ether oxygens (including phenoxy) is 2. The van der Waals surface area contributed by atoms with Crippen molar-refractivity contribution in [2.45, 2.75) is 52.4 Å². The Hall–Kier alpha value is -3.86. The highest BCUT2D eigenvalue weighted by atomic mass is 35.5. The van der Waals surface area contributed by atoms with Crippen molar-refractivity contribution < 1.29 is 19.1 Å². The maximum absolute atomic E-state index is 13.4. The summed E-state index contributed by atoms with van der Waals surface area (Å²) in [5, 5.41) is 1.03. The van der Waals surface area contributed by atoms with Crippen molar-refractivity contribution >= 4 is 46.7 Å². The summed E-state index contributed by atoms with van der Waals surface area (Å²) in [6, 6.07) is 28.3. The molecule has 4 aromatic carbocycles. The van der Waals surface area contributed by atoms with Crippen LogP contribution in [0, 0.1) is 0 Å². The number of aryl methyl sites for hydroxylation is 2. The summed E-state index contributed by atoms with van der Waals surface area (Å²) in [7, 11) is 0. The van der Waals surface area contributed by atoms with Crippen molar-refractivity contribution in [3.05, 3.63) is 140 Å². The van der Waals surface area contributed by atoms with Gasteiger partial charge in [0.15, 0.2) is 11.5 Å². The molecule has 0 spiro atoms. The molecular weight excluding hydrogens is 567 g/mol. The van der Waals surface area contributed by atoms with Crippen molar-refractivity contribution in [1.82, 2.24) is 0 Å². The van der Waals surface area contributed by atoms with Gasteiger partial charge in [-0.05, 0) is 110 Å². The molecule has 0 atom stereocenters. The van der Waals surface area contributed by atoms with Crippen molar-refractivity contribution in [1.29, 1.82) is 0 Å². The van der Waals surface area contributed by atoms with Gasteiger partial charge in [-0.15, -0.1) is 0 Å². The number of benzene rings is 4. The van der Waals surface area contributed by atoms with Gasteiger partial charge in [0.25, 0.3) is 0 Å². The first-order valence-corrected chi connectivity index (χ1v) is 15.0. The molecule has 0 saturated carbocycles. The Morgan fingerprint density at radius 2 is 0.810 bits per heavy atom. The highest BCUT2D eigenvalue weighted by Crippen LogP contribution is 2.32. The summed E-state index contributed by atoms with van der Waals surface area (Å²) in [4.78, 5) is 26.9. The van der Waals surface area contributed by atoms with E-state index >= 15 is 0 Å². The Bertz CT molecular complexity index is 1390. The second kappa shape index (κ2) is 15.4. The molecule has 0 saturated heterocycles. The first kappa shape index (κ1) is 31.1. The summed E-state index contributed by atoms with van der Waals surface area (Å²) in [5.41, 5.74) is 4.09. The molecule has 4 aromatic rings. The lowest BCUT2D eigenvalue weighted by Gasteiger charge is -2.17. The van der Waals surface area contributed by atoms with Crippen molar-refractivity contribution in [2.75, 3.05) is 0 Å². The molecule has 0 radical (unpaired) electrons. The molecule has 0 aliphatic rings. The van der Waals surface area contributed by atoms with Crippen LogP contribution in [0.25, 0.3) is 11.5 Å². The van der Waals surface area contributed by atoms with Crippen molar-refractivity contribution in [3.8, 4) is 0 Å². The second-order valence-electron chi connectivity index (χ2n) is 10.1. The van der Waals surface area contributed by atoms with Crippen LogP contribution in [-0.2, 0) is 22.3 Å². The van der Waals surface area contributed by atoms with E-state index in [0.29, 0.717) is 32.3 Å². The number of hydrogen-bond donors (Lipinski definition) is 0. The third-order valence-electron chi connectivity index (χ3n) is 6.83. The number of hydrogen-bond acceptors (Lipinski definition) is 4. The summed E-state index contributed by atoms with van der Waals surface area (Å²) < 4.78 is 12.0. The molecule has 0 amide bonds. The predicted octanol–water partition coefficient (Wildman–Crippen LogP) is 10.2. The standard InChI is InChI=1S/C36H34Cl2O4/c1-3-5-7-25-9-13-29(14-10-25)35(39)41-33(27-17-21-31(37)22-18-27)34(28-19-23-32(38)24-20-28)42-36(40)30-15-11-26(12-16-30)8-6-4-2/h9-24H,3-8H2,1-2H3. The van der Waals surface area contributed by atoms with E-state index in [9.17, 15) is 9.59 Å². The van der Waals surface area contributed by atoms with Gasteiger partial charge in [-0.25, -0.2) is 9.59 Å². The van der Waals surface area contributed by atoms with Crippen LogP contribution < -0.4 is 0 Å². The number of carbonyl (C=O) groups excluding carboxylic acids is 2. The van der Waals surface area contributed by atoms with Crippen LogP contribution in [-0.4, -0.2) is 11.9 Å². The summed E-state index contributed by atoms with van der Waals surface area (Å²) >= 11 is 12.3. The average molecular weight is 602 g/mol. The van der Waals surface area contributed by atoms with Crippen molar-refractivity contribution in [3.63, 3.8) is 0 Å². The monoisotopic (exact) mass is 600 g/mol. The van der Waals surface area contributed by atoms with Crippen LogP contribution >= 0.6 is 23.2 Å².